The molecule has 208 valence electrons. The van der Waals surface area contributed by atoms with Crippen LogP contribution in [0, 0.1) is 13.8 Å². The summed E-state index contributed by atoms with van der Waals surface area (Å²) in [5.41, 5.74) is 10.8. The maximum Gasteiger partial charge on any atom is 0.247 e. The van der Waals surface area contributed by atoms with E-state index in [4.69, 9.17) is 4.98 Å². The molecule has 1 fully saturated rings. The fraction of sp³-hybridized carbons (Fsp3) is 0.242. The summed E-state index contributed by atoms with van der Waals surface area (Å²) in [5.74, 6) is -0.238. The number of pyridine rings is 1. The Bertz CT molecular complexity index is 1750. The van der Waals surface area contributed by atoms with Gasteiger partial charge in [0.15, 0.2) is 0 Å². The second kappa shape index (κ2) is 10.7. The van der Waals surface area contributed by atoms with Crippen molar-refractivity contribution >= 4 is 28.3 Å². The molecule has 2 aromatic carbocycles. The van der Waals surface area contributed by atoms with Crippen LogP contribution >= 0.6 is 0 Å². The second-order valence-corrected chi connectivity index (χ2v) is 10.8. The minimum absolute atomic E-state index is 0.238. The number of amides is 1. The Kier molecular flexibility index (Phi) is 6.93. The van der Waals surface area contributed by atoms with E-state index in [0.29, 0.717) is 0 Å². The van der Waals surface area contributed by atoms with Crippen molar-refractivity contribution in [2.45, 2.75) is 13.8 Å². The van der Waals surface area contributed by atoms with Crippen molar-refractivity contribution in [3.8, 4) is 33.6 Å². The van der Waals surface area contributed by atoms with Gasteiger partial charge in [-0.1, -0.05) is 30.8 Å². The number of H-pyrrole nitrogens is 1. The molecule has 4 heterocycles. The van der Waals surface area contributed by atoms with Gasteiger partial charge >= 0.3 is 0 Å². The Labute approximate surface area is 240 Å². The van der Waals surface area contributed by atoms with Crippen molar-refractivity contribution in [2.75, 3.05) is 43.4 Å². The number of rotatable bonds is 6. The fourth-order valence-electron chi connectivity index (χ4n) is 5.49. The number of benzene rings is 2. The molecule has 2 N–H and O–H groups in total. The second-order valence-electron chi connectivity index (χ2n) is 10.8. The smallest absolute Gasteiger partial charge is 0.247 e. The predicted octanol–water partition coefficient (Wildman–Crippen LogP) is 5.79. The van der Waals surface area contributed by atoms with E-state index >= 15 is 0 Å². The molecular formula is C33H35N7O. The zero-order valence-corrected chi connectivity index (χ0v) is 24.0. The molecule has 1 saturated heterocycles. The third kappa shape index (κ3) is 5.02. The molecule has 0 atom stereocenters. The lowest BCUT2D eigenvalue weighted by atomic mass is 9.96. The highest BCUT2D eigenvalue weighted by Crippen LogP contribution is 2.41. The number of fused-ring (bicyclic) bond motifs is 1. The molecule has 0 saturated carbocycles. The van der Waals surface area contributed by atoms with Gasteiger partial charge in [-0.3, -0.25) is 4.79 Å². The highest BCUT2D eigenvalue weighted by molar-refractivity contribution is 6.05. The van der Waals surface area contributed by atoms with Crippen LogP contribution in [0.25, 0.3) is 44.7 Å². The lowest BCUT2D eigenvalue weighted by Crippen LogP contribution is -2.44. The van der Waals surface area contributed by atoms with Gasteiger partial charge in [0.05, 0.1) is 17.7 Å². The zero-order chi connectivity index (χ0) is 28.7. The first-order valence-corrected chi connectivity index (χ1v) is 13.9. The monoisotopic (exact) mass is 545 g/mol. The first kappa shape index (κ1) is 26.5. The molecule has 1 amide bonds. The molecule has 0 radical (unpaired) electrons. The molecule has 0 unspecified atom stereocenters. The minimum atomic E-state index is -0.238. The van der Waals surface area contributed by atoms with Gasteiger partial charge in [-0.25, -0.2) is 9.97 Å². The number of hydrogen-bond acceptors (Lipinski definition) is 5. The Hall–Kier alpha value is -4.69. The predicted molar refractivity (Wildman–Crippen MR) is 167 cm³/mol. The Balaban J connectivity index is 1.50. The lowest BCUT2D eigenvalue weighted by molar-refractivity contribution is -0.111. The summed E-state index contributed by atoms with van der Waals surface area (Å²) >= 11 is 0. The summed E-state index contributed by atoms with van der Waals surface area (Å²) in [6.07, 6.45) is 4.99. The normalized spacial score (nSPS) is 14.0. The van der Waals surface area contributed by atoms with E-state index in [9.17, 15) is 4.79 Å². The van der Waals surface area contributed by atoms with Gasteiger partial charge in [-0.05, 0) is 67.9 Å². The Morgan fingerprint density at radius 2 is 1.68 bits per heavy atom. The number of nitrogens with zero attached hydrogens (tertiary/aromatic N) is 5. The third-order valence-electron chi connectivity index (χ3n) is 8.15. The van der Waals surface area contributed by atoms with Gasteiger partial charge in [0.25, 0.3) is 0 Å². The number of likely N-dealkylation sites (N-methyl/N-ethyl adjacent to an activating group) is 1. The number of aryl methyl sites for hydroxylation is 2. The van der Waals surface area contributed by atoms with Crippen molar-refractivity contribution in [3.63, 3.8) is 0 Å². The van der Waals surface area contributed by atoms with Gasteiger partial charge < -0.3 is 24.7 Å². The minimum Gasteiger partial charge on any atom is -0.369 e. The average Bonchev–Trinajstić information content (AvgIpc) is 3.53. The quantitative estimate of drug-likeness (QED) is 0.264. The number of hydrogen-bond donors (Lipinski definition) is 2. The van der Waals surface area contributed by atoms with Crippen molar-refractivity contribution in [1.29, 1.82) is 0 Å². The molecule has 0 bridgehead atoms. The first-order valence-electron chi connectivity index (χ1n) is 13.9. The summed E-state index contributed by atoms with van der Waals surface area (Å²) in [7, 11) is 4.17. The number of carbonyl (C=O) groups excluding carboxylic acids is 1. The van der Waals surface area contributed by atoms with Gasteiger partial charge in [-0.2, -0.15) is 0 Å². The van der Waals surface area contributed by atoms with Gasteiger partial charge in [0, 0.05) is 73.0 Å². The maximum atomic E-state index is 12.2. The van der Waals surface area contributed by atoms with Crippen molar-refractivity contribution in [3.05, 3.63) is 85.0 Å². The van der Waals surface area contributed by atoms with E-state index in [0.717, 1.165) is 87.8 Å². The van der Waals surface area contributed by atoms with E-state index in [1.54, 1.807) is 0 Å². The number of carbonyl (C=O) groups is 1. The summed E-state index contributed by atoms with van der Waals surface area (Å²) in [6.45, 7) is 11.8. The highest BCUT2D eigenvalue weighted by Gasteiger charge is 2.20. The SMILES string of the molecule is C=CC(=O)Nc1cc(-c2c(-c3ccc(N4CCN(C)CC4)cc3)[nH]c3ncc(-c4ncn(C)c4C)cc23)ccc1C. The number of imidazole rings is 1. The van der Waals surface area contributed by atoms with Gasteiger partial charge in [-0.15, -0.1) is 0 Å². The van der Waals surface area contributed by atoms with Crippen molar-refractivity contribution in [1.82, 2.24) is 24.4 Å². The van der Waals surface area contributed by atoms with Crippen LogP contribution in [0.4, 0.5) is 11.4 Å². The molecule has 6 rings (SSSR count). The topological polar surface area (TPSA) is 82.1 Å². The highest BCUT2D eigenvalue weighted by atomic mass is 16.1. The molecule has 41 heavy (non-hydrogen) atoms. The molecule has 8 nitrogen and oxygen atoms in total. The molecule has 0 aliphatic carbocycles. The van der Waals surface area contributed by atoms with Crippen LogP contribution in [0.2, 0.25) is 0 Å². The third-order valence-corrected chi connectivity index (χ3v) is 8.15. The van der Waals surface area contributed by atoms with Gasteiger partial charge in [0.2, 0.25) is 5.91 Å². The van der Waals surface area contributed by atoms with E-state index in [-0.39, 0.29) is 5.91 Å². The van der Waals surface area contributed by atoms with Gasteiger partial charge in [0.1, 0.15) is 5.65 Å². The number of anilines is 2. The number of aromatic nitrogens is 4. The molecule has 8 heteroatoms. The van der Waals surface area contributed by atoms with Crippen molar-refractivity contribution < 1.29 is 4.79 Å². The molecule has 3 aromatic heterocycles. The fourth-order valence-corrected chi connectivity index (χ4v) is 5.49. The summed E-state index contributed by atoms with van der Waals surface area (Å²) in [4.78, 5) is 30.1. The van der Waals surface area contributed by atoms with Crippen molar-refractivity contribution in [2.24, 2.45) is 7.05 Å². The number of aromatic amines is 1. The summed E-state index contributed by atoms with van der Waals surface area (Å²) < 4.78 is 2.01. The summed E-state index contributed by atoms with van der Waals surface area (Å²) in [6, 6.07) is 17.1. The first-order chi connectivity index (χ1) is 19.8. The molecular weight excluding hydrogens is 510 g/mol. The number of nitrogens with one attached hydrogen (secondary N) is 2. The molecule has 5 aromatic rings. The largest absolute Gasteiger partial charge is 0.369 e. The maximum absolute atomic E-state index is 12.2. The average molecular weight is 546 g/mol. The number of piperazine rings is 1. The standard InChI is InChI=1S/C33H35N7O/c1-6-29(41)36-28-18-24(8-7-21(28)2)30-27-17-25(31-22(3)39(5)20-35-31)19-34-33(27)37-32(30)23-9-11-26(12-10-23)40-15-13-38(4)14-16-40/h6-12,17-20H,1,13-16H2,2-5H3,(H,34,37)(H,36,41). The van der Waals surface area contributed by atoms with E-state index in [2.05, 4.69) is 82.0 Å². The Morgan fingerprint density at radius 1 is 0.951 bits per heavy atom. The van der Waals surface area contributed by atoms with E-state index in [1.807, 2.05) is 43.2 Å². The molecule has 1 aliphatic rings. The molecule has 1 aliphatic heterocycles. The van der Waals surface area contributed by atoms with Crippen LogP contribution in [0.1, 0.15) is 11.3 Å². The zero-order valence-electron chi connectivity index (χ0n) is 24.0. The van der Waals surface area contributed by atoms with Crippen LogP contribution in [0.5, 0.6) is 0 Å². The van der Waals surface area contributed by atoms with Crippen LogP contribution in [-0.4, -0.2) is 63.6 Å². The van der Waals surface area contributed by atoms with Crippen LogP contribution in [0.15, 0.2) is 73.7 Å². The lowest BCUT2D eigenvalue weighted by Gasteiger charge is -2.34. The van der Waals surface area contributed by atoms with E-state index < -0.39 is 0 Å². The summed E-state index contributed by atoms with van der Waals surface area (Å²) in [5, 5.41) is 3.96. The van der Waals surface area contributed by atoms with Crippen LogP contribution in [-0.2, 0) is 11.8 Å². The van der Waals surface area contributed by atoms with Crippen LogP contribution in [0.3, 0.4) is 0 Å². The Morgan fingerprint density at radius 3 is 2.37 bits per heavy atom. The van der Waals surface area contributed by atoms with E-state index in [1.165, 1.54) is 11.8 Å². The molecule has 0 spiro atoms. The van der Waals surface area contributed by atoms with Crippen LogP contribution < -0.4 is 10.2 Å².